The number of halogens is 2. The van der Waals surface area contributed by atoms with Gasteiger partial charge in [0.15, 0.2) is 11.5 Å². The lowest BCUT2D eigenvalue weighted by atomic mass is 10.1. The van der Waals surface area contributed by atoms with Gasteiger partial charge in [0.25, 0.3) is 5.91 Å². The van der Waals surface area contributed by atoms with Crippen molar-refractivity contribution in [1.29, 1.82) is 0 Å². The van der Waals surface area contributed by atoms with Crippen LogP contribution in [0.4, 0.5) is 0 Å². The zero-order chi connectivity index (χ0) is 12.3. The molecule has 1 rings (SSSR count). The maximum absolute atomic E-state index is 11.4. The lowest BCUT2D eigenvalue weighted by Gasteiger charge is -2.15. The normalized spacial score (nSPS) is 9.18. The van der Waals surface area contributed by atoms with Crippen molar-refractivity contribution in [3.05, 3.63) is 16.1 Å². The summed E-state index contributed by atoms with van der Waals surface area (Å²) in [5, 5.41) is 0. The Morgan fingerprint density at radius 2 is 1.71 bits per heavy atom. The summed E-state index contributed by atoms with van der Waals surface area (Å²) >= 11 is 3.26. The molecule has 0 saturated carbocycles. The van der Waals surface area contributed by atoms with Gasteiger partial charge in [-0.05, 0) is 15.9 Å². The number of benzene rings is 1. The lowest BCUT2D eigenvalue weighted by molar-refractivity contribution is 0.0993. The van der Waals surface area contributed by atoms with Gasteiger partial charge in [0.05, 0.1) is 25.8 Å². The van der Waals surface area contributed by atoms with Crippen LogP contribution in [0.2, 0.25) is 0 Å². The first-order valence-corrected chi connectivity index (χ1v) is 5.14. The Bertz CT molecular complexity index is 425. The summed E-state index contributed by atoms with van der Waals surface area (Å²) in [5.74, 6) is 0.345. The van der Waals surface area contributed by atoms with Gasteiger partial charge >= 0.3 is 0 Å². The Hall–Kier alpha value is -1.14. The van der Waals surface area contributed by atoms with Crippen molar-refractivity contribution in [2.75, 3.05) is 21.3 Å². The third-order valence-corrected chi connectivity index (χ3v) is 2.62. The number of hydrogen-bond donors (Lipinski definition) is 1. The highest BCUT2D eigenvalue weighted by molar-refractivity contribution is 9.10. The van der Waals surface area contributed by atoms with Crippen molar-refractivity contribution in [3.63, 3.8) is 0 Å². The minimum Gasteiger partial charge on any atom is -0.495 e. The highest BCUT2D eigenvalue weighted by atomic mass is 79.9. The van der Waals surface area contributed by atoms with Crippen LogP contribution in [-0.2, 0) is 0 Å². The number of nitrogens with two attached hydrogens (primary N) is 1. The molecule has 0 heterocycles. The molecule has 0 aliphatic rings. The Labute approximate surface area is 114 Å². The zero-order valence-corrected chi connectivity index (χ0v) is 12.0. The molecule has 0 aliphatic carbocycles. The smallest absolute Gasteiger partial charge is 0.256 e. The highest BCUT2D eigenvalue weighted by Crippen LogP contribution is 2.42. The Balaban J connectivity index is 0.00000256. The third kappa shape index (κ3) is 2.95. The summed E-state index contributed by atoms with van der Waals surface area (Å²) in [7, 11) is 4.34. The quantitative estimate of drug-likeness (QED) is 0.918. The van der Waals surface area contributed by atoms with Gasteiger partial charge in [-0.25, -0.2) is 0 Å². The molecule has 17 heavy (non-hydrogen) atoms. The summed E-state index contributed by atoms with van der Waals surface area (Å²) in [5.41, 5.74) is 5.43. The second-order valence-electron chi connectivity index (χ2n) is 2.87. The molecule has 0 bridgehead atoms. The van der Waals surface area contributed by atoms with Gasteiger partial charge in [-0.2, -0.15) is 0 Å². The second kappa shape index (κ2) is 6.56. The van der Waals surface area contributed by atoms with Crippen LogP contribution < -0.4 is 19.9 Å². The standard InChI is InChI=1S/C10H12BrNO4.ClH/c1-14-6-4-5(11)8(15-2)7(10(12)13)9(6)16-3;/h4H,1-3H3,(H2,12,13);1H. The number of carbonyl (C=O) groups is 1. The number of methoxy groups -OCH3 is 3. The van der Waals surface area contributed by atoms with E-state index in [1.807, 2.05) is 0 Å². The van der Waals surface area contributed by atoms with Crippen LogP contribution in [-0.4, -0.2) is 27.2 Å². The van der Waals surface area contributed by atoms with E-state index in [-0.39, 0.29) is 23.7 Å². The number of ether oxygens (including phenoxy) is 3. The fourth-order valence-corrected chi connectivity index (χ4v) is 1.94. The Kier molecular flexibility index (Phi) is 6.12. The molecule has 1 aromatic rings. The van der Waals surface area contributed by atoms with E-state index in [2.05, 4.69) is 15.9 Å². The summed E-state index contributed by atoms with van der Waals surface area (Å²) < 4.78 is 15.9. The van der Waals surface area contributed by atoms with Gasteiger partial charge in [0.2, 0.25) is 0 Å². The van der Waals surface area contributed by atoms with E-state index in [9.17, 15) is 4.79 Å². The number of rotatable bonds is 4. The number of hydrogen-bond acceptors (Lipinski definition) is 4. The first kappa shape index (κ1) is 15.9. The first-order valence-electron chi connectivity index (χ1n) is 4.35. The van der Waals surface area contributed by atoms with E-state index in [0.29, 0.717) is 16.0 Å². The van der Waals surface area contributed by atoms with E-state index in [1.165, 1.54) is 21.3 Å². The van der Waals surface area contributed by atoms with Crippen LogP contribution in [0.5, 0.6) is 17.2 Å². The van der Waals surface area contributed by atoms with E-state index >= 15 is 0 Å². The molecule has 1 aromatic carbocycles. The summed E-state index contributed by atoms with van der Waals surface area (Å²) in [6.45, 7) is 0. The van der Waals surface area contributed by atoms with Crippen LogP contribution in [0.1, 0.15) is 10.4 Å². The lowest BCUT2D eigenvalue weighted by Crippen LogP contribution is -2.15. The molecule has 0 fully saturated rings. The van der Waals surface area contributed by atoms with Crippen LogP contribution in [0.3, 0.4) is 0 Å². The van der Waals surface area contributed by atoms with Crippen molar-refractivity contribution in [1.82, 2.24) is 0 Å². The molecule has 7 heteroatoms. The van der Waals surface area contributed by atoms with E-state index < -0.39 is 5.91 Å². The highest BCUT2D eigenvalue weighted by Gasteiger charge is 2.23. The Morgan fingerprint density at radius 1 is 1.18 bits per heavy atom. The fraction of sp³-hybridized carbons (Fsp3) is 0.300. The van der Waals surface area contributed by atoms with E-state index in [0.717, 1.165) is 0 Å². The molecule has 0 radical (unpaired) electrons. The monoisotopic (exact) mass is 325 g/mol. The van der Waals surface area contributed by atoms with E-state index in [4.69, 9.17) is 19.9 Å². The average Bonchev–Trinajstić information content (AvgIpc) is 2.27. The van der Waals surface area contributed by atoms with Crippen LogP contribution in [0, 0.1) is 0 Å². The van der Waals surface area contributed by atoms with Gasteiger partial charge in [0, 0.05) is 6.07 Å². The second-order valence-corrected chi connectivity index (χ2v) is 3.72. The van der Waals surface area contributed by atoms with Gasteiger partial charge in [-0.1, -0.05) is 0 Å². The van der Waals surface area contributed by atoms with Gasteiger partial charge in [-0.3, -0.25) is 4.79 Å². The number of amides is 1. The molecule has 0 aliphatic heterocycles. The van der Waals surface area contributed by atoms with Crippen molar-refractivity contribution >= 4 is 34.2 Å². The molecule has 96 valence electrons. The number of primary amides is 1. The Morgan fingerprint density at radius 3 is 2.06 bits per heavy atom. The molecular formula is C10H13BrClNO4. The topological polar surface area (TPSA) is 70.8 Å². The van der Waals surface area contributed by atoms with Crippen LogP contribution in [0.25, 0.3) is 0 Å². The minimum absolute atomic E-state index is 0. The molecule has 0 saturated heterocycles. The van der Waals surface area contributed by atoms with Crippen LogP contribution in [0.15, 0.2) is 10.5 Å². The van der Waals surface area contributed by atoms with Crippen molar-refractivity contribution in [3.8, 4) is 17.2 Å². The largest absolute Gasteiger partial charge is 0.495 e. The predicted molar refractivity (Wildman–Crippen MR) is 69.6 cm³/mol. The summed E-state index contributed by atoms with van der Waals surface area (Å²) in [6.07, 6.45) is 0. The van der Waals surface area contributed by atoms with Gasteiger partial charge in [0.1, 0.15) is 11.3 Å². The molecule has 0 aromatic heterocycles. The van der Waals surface area contributed by atoms with Crippen molar-refractivity contribution in [2.24, 2.45) is 5.73 Å². The first-order chi connectivity index (χ1) is 7.56. The number of carbonyl (C=O) groups excluding carboxylic acids is 1. The van der Waals surface area contributed by atoms with Gasteiger partial charge < -0.3 is 19.9 Å². The fourth-order valence-electron chi connectivity index (χ4n) is 1.37. The molecule has 1 amide bonds. The molecule has 5 nitrogen and oxygen atoms in total. The van der Waals surface area contributed by atoms with E-state index in [1.54, 1.807) is 6.07 Å². The molecule has 0 atom stereocenters. The zero-order valence-electron chi connectivity index (χ0n) is 9.57. The minimum atomic E-state index is -0.645. The molecule has 0 spiro atoms. The molecule has 2 N–H and O–H groups in total. The molecule has 0 unspecified atom stereocenters. The molecular weight excluding hydrogens is 313 g/mol. The maximum atomic E-state index is 11.4. The predicted octanol–water partition coefficient (Wildman–Crippen LogP) is 2.00. The summed E-state index contributed by atoms with van der Waals surface area (Å²) in [6, 6.07) is 1.64. The third-order valence-electron chi connectivity index (χ3n) is 2.03. The van der Waals surface area contributed by atoms with Gasteiger partial charge in [-0.15, -0.1) is 12.4 Å². The summed E-state index contributed by atoms with van der Waals surface area (Å²) in [4.78, 5) is 11.4. The SMILES string of the molecule is COc1cc(Br)c(OC)c(C(N)=O)c1OC.Cl. The van der Waals surface area contributed by atoms with Crippen LogP contribution >= 0.6 is 28.3 Å². The van der Waals surface area contributed by atoms with Crippen molar-refractivity contribution < 1.29 is 19.0 Å². The average molecular weight is 327 g/mol. The maximum Gasteiger partial charge on any atom is 0.256 e. The van der Waals surface area contributed by atoms with Crippen molar-refractivity contribution in [2.45, 2.75) is 0 Å².